The normalized spacial score (nSPS) is 21.1. The molecule has 4 N–H and O–H groups in total. The van der Waals surface area contributed by atoms with E-state index >= 15 is 0 Å². The summed E-state index contributed by atoms with van der Waals surface area (Å²) in [7, 11) is 0. The number of aromatic carboxylic acids is 1. The lowest BCUT2D eigenvalue weighted by Gasteiger charge is -2.41. The van der Waals surface area contributed by atoms with Crippen LogP contribution in [0.4, 0.5) is 11.4 Å². The summed E-state index contributed by atoms with van der Waals surface area (Å²) in [5.41, 5.74) is 3.14. The SMILES string of the molecule is CC1(C)Cc2cc(C(=O)O)ccc2NC1c1cccc(NC2(C(=O)O)CC2)c1. The second kappa shape index (κ2) is 6.26. The Morgan fingerprint density at radius 1 is 1.11 bits per heavy atom. The molecule has 146 valence electrons. The number of carboxylic acid groups (broad SMARTS) is 2. The Labute approximate surface area is 163 Å². The molecular formula is C22H24N2O4. The molecule has 1 atom stereocenters. The van der Waals surface area contributed by atoms with Gasteiger partial charge in [-0.15, -0.1) is 0 Å². The lowest BCUT2D eigenvalue weighted by Crippen LogP contribution is -2.35. The van der Waals surface area contributed by atoms with Crippen molar-refractivity contribution in [1.82, 2.24) is 0 Å². The van der Waals surface area contributed by atoms with Crippen LogP contribution >= 0.6 is 0 Å². The van der Waals surface area contributed by atoms with Crippen molar-refractivity contribution in [3.8, 4) is 0 Å². The highest BCUT2D eigenvalue weighted by molar-refractivity contribution is 5.89. The largest absolute Gasteiger partial charge is 0.480 e. The minimum Gasteiger partial charge on any atom is -0.480 e. The fourth-order valence-electron chi connectivity index (χ4n) is 4.08. The van der Waals surface area contributed by atoms with Gasteiger partial charge in [0.15, 0.2) is 0 Å². The Morgan fingerprint density at radius 2 is 1.86 bits per heavy atom. The zero-order valence-electron chi connectivity index (χ0n) is 16.0. The van der Waals surface area contributed by atoms with E-state index in [4.69, 9.17) is 0 Å². The molecule has 6 nitrogen and oxygen atoms in total. The monoisotopic (exact) mass is 380 g/mol. The van der Waals surface area contributed by atoms with Gasteiger partial charge in [-0.05, 0) is 66.1 Å². The molecule has 0 radical (unpaired) electrons. The molecule has 2 aliphatic rings. The summed E-state index contributed by atoms with van der Waals surface area (Å²) >= 11 is 0. The molecule has 0 amide bonds. The van der Waals surface area contributed by atoms with E-state index in [1.807, 2.05) is 30.3 Å². The number of hydrogen-bond acceptors (Lipinski definition) is 4. The third kappa shape index (κ3) is 3.19. The fraction of sp³-hybridized carbons (Fsp3) is 0.364. The van der Waals surface area contributed by atoms with Crippen molar-refractivity contribution in [3.05, 3.63) is 59.2 Å². The van der Waals surface area contributed by atoms with Gasteiger partial charge in [-0.2, -0.15) is 0 Å². The highest BCUT2D eigenvalue weighted by atomic mass is 16.4. The van der Waals surface area contributed by atoms with Gasteiger partial charge in [0.2, 0.25) is 0 Å². The van der Waals surface area contributed by atoms with Crippen molar-refractivity contribution in [3.63, 3.8) is 0 Å². The van der Waals surface area contributed by atoms with Gasteiger partial charge in [0.25, 0.3) is 0 Å². The summed E-state index contributed by atoms with van der Waals surface area (Å²) in [6, 6.07) is 13.1. The lowest BCUT2D eigenvalue weighted by molar-refractivity contribution is -0.138. The van der Waals surface area contributed by atoms with Crippen LogP contribution in [0.1, 0.15) is 54.2 Å². The maximum atomic E-state index is 11.5. The minimum atomic E-state index is -0.922. The van der Waals surface area contributed by atoms with Crippen molar-refractivity contribution in [2.75, 3.05) is 10.6 Å². The average Bonchev–Trinajstić information content (AvgIpc) is 3.41. The number of hydrogen-bond donors (Lipinski definition) is 4. The van der Waals surface area contributed by atoms with E-state index in [0.717, 1.165) is 28.9 Å². The van der Waals surface area contributed by atoms with Gasteiger partial charge >= 0.3 is 11.9 Å². The van der Waals surface area contributed by atoms with Crippen molar-refractivity contribution in [1.29, 1.82) is 0 Å². The summed E-state index contributed by atoms with van der Waals surface area (Å²) in [5, 5.41) is 25.4. The minimum absolute atomic E-state index is 0.0254. The van der Waals surface area contributed by atoms with Crippen LogP contribution in [0, 0.1) is 5.41 Å². The quantitative estimate of drug-likeness (QED) is 0.622. The van der Waals surface area contributed by atoms with Gasteiger partial charge < -0.3 is 20.8 Å². The van der Waals surface area contributed by atoms with E-state index in [1.165, 1.54) is 0 Å². The number of carbonyl (C=O) groups is 2. The third-order valence-corrected chi connectivity index (χ3v) is 5.84. The molecule has 1 saturated carbocycles. The molecule has 2 aromatic rings. The Kier molecular flexibility index (Phi) is 4.10. The first-order chi connectivity index (χ1) is 13.2. The molecule has 2 aromatic carbocycles. The predicted octanol–water partition coefficient (Wildman–Crippen LogP) is 4.15. The number of nitrogens with one attached hydrogen (secondary N) is 2. The number of benzene rings is 2. The maximum Gasteiger partial charge on any atom is 0.335 e. The van der Waals surface area contributed by atoms with Crippen LogP contribution in [-0.4, -0.2) is 27.7 Å². The Bertz CT molecular complexity index is 963. The zero-order valence-corrected chi connectivity index (χ0v) is 16.0. The van der Waals surface area contributed by atoms with Crippen molar-refractivity contribution >= 4 is 23.3 Å². The molecule has 28 heavy (non-hydrogen) atoms. The molecule has 1 aliphatic heterocycles. The van der Waals surface area contributed by atoms with Crippen LogP contribution < -0.4 is 10.6 Å². The van der Waals surface area contributed by atoms with E-state index < -0.39 is 17.5 Å². The number of aliphatic carboxylic acids is 1. The Hall–Kier alpha value is -3.02. The van der Waals surface area contributed by atoms with Crippen molar-refractivity contribution in [2.24, 2.45) is 5.41 Å². The van der Waals surface area contributed by atoms with E-state index in [2.05, 4.69) is 24.5 Å². The van der Waals surface area contributed by atoms with E-state index in [0.29, 0.717) is 18.4 Å². The summed E-state index contributed by atoms with van der Waals surface area (Å²) in [4.78, 5) is 22.7. The van der Waals surface area contributed by atoms with Crippen LogP contribution in [0.15, 0.2) is 42.5 Å². The Morgan fingerprint density at radius 3 is 2.50 bits per heavy atom. The van der Waals surface area contributed by atoms with Gasteiger partial charge in [0.1, 0.15) is 5.54 Å². The summed E-state index contributed by atoms with van der Waals surface area (Å²) in [6.45, 7) is 4.31. The van der Waals surface area contributed by atoms with Gasteiger partial charge in [0.05, 0.1) is 11.6 Å². The fourth-order valence-corrected chi connectivity index (χ4v) is 4.08. The van der Waals surface area contributed by atoms with E-state index in [-0.39, 0.29) is 11.5 Å². The molecule has 1 heterocycles. The van der Waals surface area contributed by atoms with Gasteiger partial charge in [-0.1, -0.05) is 26.0 Å². The number of rotatable bonds is 5. The smallest absolute Gasteiger partial charge is 0.335 e. The van der Waals surface area contributed by atoms with Crippen LogP contribution in [0.25, 0.3) is 0 Å². The maximum absolute atomic E-state index is 11.5. The topological polar surface area (TPSA) is 98.7 Å². The molecule has 0 aromatic heterocycles. The first kappa shape index (κ1) is 18.3. The zero-order chi connectivity index (χ0) is 20.1. The molecular weight excluding hydrogens is 356 g/mol. The number of carboxylic acids is 2. The van der Waals surface area contributed by atoms with Gasteiger partial charge in [0, 0.05) is 11.4 Å². The number of anilines is 2. The third-order valence-electron chi connectivity index (χ3n) is 5.84. The van der Waals surface area contributed by atoms with E-state index in [1.54, 1.807) is 12.1 Å². The highest BCUT2D eigenvalue weighted by Crippen LogP contribution is 2.46. The standard InChI is InChI=1S/C22H24N2O4/c1-21(2)12-15-10-14(19(25)26)6-7-17(15)23-18(21)13-4-3-5-16(11-13)24-22(8-9-22)20(27)28/h3-7,10-11,18,23-24H,8-9,12H2,1-2H3,(H,25,26)(H,27,28). The van der Waals surface area contributed by atoms with Crippen LogP contribution in [0.5, 0.6) is 0 Å². The average molecular weight is 380 g/mol. The van der Waals surface area contributed by atoms with Crippen LogP contribution in [0.3, 0.4) is 0 Å². The second-order valence-electron chi connectivity index (χ2n) is 8.56. The first-order valence-corrected chi connectivity index (χ1v) is 9.45. The molecule has 1 fully saturated rings. The molecule has 6 heteroatoms. The summed E-state index contributed by atoms with van der Waals surface area (Å²) < 4.78 is 0. The molecule has 0 bridgehead atoms. The van der Waals surface area contributed by atoms with E-state index in [9.17, 15) is 19.8 Å². The Balaban J connectivity index is 1.63. The highest BCUT2D eigenvalue weighted by Gasteiger charge is 2.50. The molecule has 4 rings (SSSR count). The molecule has 1 unspecified atom stereocenters. The number of fused-ring (bicyclic) bond motifs is 1. The lowest BCUT2D eigenvalue weighted by atomic mass is 9.72. The van der Waals surface area contributed by atoms with Crippen molar-refractivity contribution in [2.45, 2.75) is 44.7 Å². The predicted molar refractivity (Wildman–Crippen MR) is 107 cm³/mol. The van der Waals surface area contributed by atoms with Crippen LogP contribution in [-0.2, 0) is 11.2 Å². The van der Waals surface area contributed by atoms with Gasteiger partial charge in [-0.3, -0.25) is 0 Å². The molecule has 1 aliphatic carbocycles. The summed E-state index contributed by atoms with van der Waals surface area (Å²) in [5.74, 6) is -1.73. The van der Waals surface area contributed by atoms with Crippen molar-refractivity contribution < 1.29 is 19.8 Å². The van der Waals surface area contributed by atoms with Gasteiger partial charge in [-0.25, -0.2) is 9.59 Å². The second-order valence-corrected chi connectivity index (χ2v) is 8.56. The van der Waals surface area contributed by atoms with Crippen LogP contribution in [0.2, 0.25) is 0 Å². The molecule has 0 saturated heterocycles. The molecule has 0 spiro atoms. The summed E-state index contributed by atoms with van der Waals surface area (Å²) in [6.07, 6.45) is 2.02. The first-order valence-electron chi connectivity index (χ1n) is 9.45.